The van der Waals surface area contributed by atoms with Gasteiger partial charge in [0.1, 0.15) is 11.4 Å². The Morgan fingerprint density at radius 2 is 2.03 bits per heavy atom. The number of hydrogen-bond donors (Lipinski definition) is 0. The number of para-hydroxylation sites is 1. The summed E-state index contributed by atoms with van der Waals surface area (Å²) in [6.07, 6.45) is 3.28. The van der Waals surface area contributed by atoms with Crippen molar-refractivity contribution >= 4 is 17.2 Å². The van der Waals surface area contributed by atoms with Gasteiger partial charge in [0.05, 0.1) is 12.1 Å². The number of nitrogens with zero attached hydrogens (tertiary/aromatic N) is 3. The Morgan fingerprint density at radius 1 is 1.31 bits per heavy atom. The minimum Gasteiger partial charge on any atom is -0.496 e. The average molecular weight is 416 g/mol. The third-order valence-electron chi connectivity index (χ3n) is 5.71. The maximum Gasteiger partial charge on any atom is 0.273 e. The summed E-state index contributed by atoms with van der Waals surface area (Å²) in [6, 6.07) is 8.26. The van der Waals surface area contributed by atoms with Gasteiger partial charge >= 0.3 is 0 Å². The number of aromatic nitrogens is 1. The van der Waals surface area contributed by atoms with Gasteiger partial charge in [-0.25, -0.2) is 4.98 Å². The topological polar surface area (TPSA) is 45.7 Å². The van der Waals surface area contributed by atoms with E-state index in [1.165, 1.54) is 5.56 Å². The van der Waals surface area contributed by atoms with Crippen LogP contribution >= 0.6 is 11.3 Å². The number of thiazole rings is 1. The van der Waals surface area contributed by atoms with Crippen LogP contribution < -0.4 is 4.74 Å². The Balaban J connectivity index is 1.43. The molecule has 5 nitrogen and oxygen atoms in total. The predicted octanol–water partition coefficient (Wildman–Crippen LogP) is 4.30. The molecule has 1 aromatic heterocycles. The number of amides is 1. The molecule has 0 radical (unpaired) electrons. The number of benzene rings is 1. The zero-order valence-corrected chi connectivity index (χ0v) is 18.9. The largest absolute Gasteiger partial charge is 0.496 e. The second-order valence-corrected chi connectivity index (χ2v) is 9.15. The lowest BCUT2D eigenvalue weighted by Gasteiger charge is -2.33. The van der Waals surface area contributed by atoms with E-state index in [1.807, 2.05) is 29.5 Å². The number of ether oxygens (including phenoxy) is 1. The molecule has 29 heavy (non-hydrogen) atoms. The molecule has 2 heterocycles. The highest BCUT2D eigenvalue weighted by Crippen LogP contribution is 2.23. The molecule has 6 heteroatoms. The van der Waals surface area contributed by atoms with Crippen LogP contribution in [0.3, 0.4) is 0 Å². The normalized spacial score (nSPS) is 15.6. The highest BCUT2D eigenvalue weighted by Gasteiger charge is 2.24. The molecule has 1 aliphatic heterocycles. The number of carbonyl (C=O) groups excluding carboxylic acids is 1. The summed E-state index contributed by atoms with van der Waals surface area (Å²) in [5.41, 5.74) is 1.86. The van der Waals surface area contributed by atoms with E-state index in [9.17, 15) is 4.79 Å². The van der Waals surface area contributed by atoms with Gasteiger partial charge in [-0.15, -0.1) is 11.3 Å². The molecule has 3 rings (SSSR count). The van der Waals surface area contributed by atoms with Gasteiger partial charge in [-0.05, 0) is 49.9 Å². The van der Waals surface area contributed by atoms with E-state index in [1.54, 1.807) is 18.4 Å². The standard InChI is InChI=1S/C23H33N3O2S/c1-17(2)22-24-20(16-29-22)23(27)25(3)15-18-9-12-26(13-10-18)14-11-19-7-5-6-8-21(19)28-4/h5-8,16-18H,9-15H2,1-4H3. The predicted molar refractivity (Wildman–Crippen MR) is 119 cm³/mol. The highest BCUT2D eigenvalue weighted by molar-refractivity contribution is 7.09. The first-order valence-electron chi connectivity index (χ1n) is 10.5. The Morgan fingerprint density at radius 3 is 2.69 bits per heavy atom. The van der Waals surface area contributed by atoms with E-state index >= 15 is 0 Å². The fourth-order valence-corrected chi connectivity index (χ4v) is 4.71. The van der Waals surface area contributed by atoms with Crippen LogP contribution in [0, 0.1) is 5.92 Å². The van der Waals surface area contributed by atoms with Crippen LogP contribution in [0.1, 0.15) is 53.7 Å². The zero-order chi connectivity index (χ0) is 20.8. The molecule has 0 bridgehead atoms. The van der Waals surface area contributed by atoms with Crippen molar-refractivity contribution < 1.29 is 9.53 Å². The number of rotatable bonds is 8. The van der Waals surface area contributed by atoms with Crippen molar-refractivity contribution in [3.05, 3.63) is 45.9 Å². The second-order valence-electron chi connectivity index (χ2n) is 8.26. The van der Waals surface area contributed by atoms with Crippen LogP contribution in [0.5, 0.6) is 5.75 Å². The number of hydrogen-bond acceptors (Lipinski definition) is 5. The Bertz CT molecular complexity index is 797. The molecular formula is C23H33N3O2S. The van der Waals surface area contributed by atoms with Crippen LogP contribution in [0.15, 0.2) is 29.6 Å². The minimum atomic E-state index is 0.0479. The van der Waals surface area contributed by atoms with E-state index in [2.05, 4.69) is 35.9 Å². The van der Waals surface area contributed by atoms with Crippen molar-refractivity contribution in [1.29, 1.82) is 0 Å². The highest BCUT2D eigenvalue weighted by atomic mass is 32.1. The summed E-state index contributed by atoms with van der Waals surface area (Å²) in [6.45, 7) is 8.27. The number of methoxy groups -OCH3 is 1. The van der Waals surface area contributed by atoms with Gasteiger partial charge in [0.25, 0.3) is 5.91 Å². The Hall–Kier alpha value is -1.92. The van der Waals surface area contributed by atoms with Crippen molar-refractivity contribution in [2.45, 2.75) is 39.0 Å². The van der Waals surface area contributed by atoms with E-state index in [-0.39, 0.29) is 5.91 Å². The third-order valence-corrected chi connectivity index (χ3v) is 6.86. The summed E-state index contributed by atoms with van der Waals surface area (Å²) in [5, 5.41) is 2.93. The van der Waals surface area contributed by atoms with Crippen molar-refractivity contribution in [3.8, 4) is 5.75 Å². The average Bonchev–Trinajstić information content (AvgIpc) is 3.23. The summed E-state index contributed by atoms with van der Waals surface area (Å²) in [4.78, 5) is 21.6. The van der Waals surface area contributed by atoms with Crippen LogP contribution in [-0.2, 0) is 6.42 Å². The Labute approximate surface area is 178 Å². The lowest BCUT2D eigenvalue weighted by atomic mass is 9.96. The van der Waals surface area contributed by atoms with Crippen LogP contribution in [-0.4, -0.2) is 61.0 Å². The smallest absolute Gasteiger partial charge is 0.273 e. The SMILES string of the molecule is COc1ccccc1CCN1CCC(CN(C)C(=O)c2csc(C(C)C)n2)CC1. The monoisotopic (exact) mass is 415 g/mol. The molecule has 1 amide bonds. The van der Waals surface area contributed by atoms with Crippen molar-refractivity contribution in [3.63, 3.8) is 0 Å². The molecule has 1 aliphatic rings. The van der Waals surface area contributed by atoms with E-state index in [0.29, 0.717) is 17.5 Å². The van der Waals surface area contributed by atoms with Gasteiger partial charge < -0.3 is 14.5 Å². The molecule has 0 saturated carbocycles. The van der Waals surface area contributed by atoms with Gasteiger partial charge in [0.15, 0.2) is 0 Å². The summed E-state index contributed by atoms with van der Waals surface area (Å²) >= 11 is 1.58. The van der Waals surface area contributed by atoms with Gasteiger partial charge in [-0.2, -0.15) is 0 Å². The summed E-state index contributed by atoms with van der Waals surface area (Å²) < 4.78 is 5.46. The number of likely N-dealkylation sites (tertiary alicyclic amines) is 1. The van der Waals surface area contributed by atoms with Crippen molar-refractivity contribution in [1.82, 2.24) is 14.8 Å². The van der Waals surface area contributed by atoms with Crippen LogP contribution in [0.25, 0.3) is 0 Å². The third kappa shape index (κ3) is 5.80. The maximum atomic E-state index is 12.7. The Kier molecular flexibility index (Phi) is 7.67. The fraction of sp³-hybridized carbons (Fsp3) is 0.565. The second kappa shape index (κ2) is 10.2. The first-order chi connectivity index (χ1) is 14.0. The van der Waals surface area contributed by atoms with E-state index < -0.39 is 0 Å². The maximum absolute atomic E-state index is 12.7. The fourth-order valence-electron chi connectivity index (χ4n) is 3.90. The number of carbonyl (C=O) groups is 1. The first-order valence-corrected chi connectivity index (χ1v) is 11.4. The lowest BCUT2D eigenvalue weighted by Crippen LogP contribution is -2.40. The molecule has 0 aliphatic carbocycles. The molecule has 158 valence electrons. The molecule has 0 spiro atoms. The summed E-state index contributed by atoms with van der Waals surface area (Å²) in [7, 11) is 3.64. The van der Waals surface area contributed by atoms with Gasteiger partial charge in [0, 0.05) is 31.4 Å². The molecular weight excluding hydrogens is 382 g/mol. The first kappa shape index (κ1) is 21.8. The molecule has 0 N–H and O–H groups in total. The van der Waals surface area contributed by atoms with E-state index in [0.717, 1.165) is 56.2 Å². The molecule has 0 atom stereocenters. The van der Waals surface area contributed by atoms with Gasteiger partial charge in [0.2, 0.25) is 0 Å². The molecule has 1 saturated heterocycles. The molecule has 1 aromatic carbocycles. The van der Waals surface area contributed by atoms with Crippen LogP contribution in [0.2, 0.25) is 0 Å². The molecule has 0 unspecified atom stereocenters. The molecule has 1 fully saturated rings. The van der Waals surface area contributed by atoms with Crippen LogP contribution in [0.4, 0.5) is 0 Å². The zero-order valence-electron chi connectivity index (χ0n) is 18.1. The van der Waals surface area contributed by atoms with Crippen molar-refractivity contribution in [2.24, 2.45) is 5.92 Å². The number of piperidine rings is 1. The quantitative estimate of drug-likeness (QED) is 0.645. The summed E-state index contributed by atoms with van der Waals surface area (Å²) in [5.74, 6) is 1.96. The molecule has 2 aromatic rings. The minimum absolute atomic E-state index is 0.0479. The van der Waals surface area contributed by atoms with Crippen molar-refractivity contribution in [2.75, 3.05) is 40.3 Å². The van der Waals surface area contributed by atoms with E-state index in [4.69, 9.17) is 4.74 Å². The van der Waals surface area contributed by atoms with Gasteiger partial charge in [-0.3, -0.25) is 4.79 Å². The van der Waals surface area contributed by atoms with Gasteiger partial charge in [-0.1, -0.05) is 32.0 Å². The lowest BCUT2D eigenvalue weighted by molar-refractivity contribution is 0.0735.